The first-order valence-corrected chi connectivity index (χ1v) is 8.44. The average molecular weight is 394 g/mol. The number of ether oxygens (including phenoxy) is 1. The number of aliphatic hydroxyl groups excluding tert-OH is 1. The van der Waals surface area contributed by atoms with Gasteiger partial charge in [-0.05, 0) is 34.5 Å². The molecule has 1 saturated heterocycles. The van der Waals surface area contributed by atoms with Crippen LogP contribution in [0.2, 0.25) is 0 Å². The molecule has 0 radical (unpaired) electrons. The van der Waals surface area contributed by atoms with E-state index in [0.717, 1.165) is 17.4 Å². The number of likely N-dealkylation sites (tertiary alicyclic amines) is 1. The summed E-state index contributed by atoms with van der Waals surface area (Å²) >= 11 is 3.45. The van der Waals surface area contributed by atoms with Crippen LogP contribution in [0, 0.1) is 0 Å². The first kappa shape index (κ1) is 15.6. The number of H-pyrrole nitrogens is 1. The molecule has 0 amide bonds. The Morgan fingerprint density at radius 1 is 1.54 bits per heavy atom. The first-order chi connectivity index (χ1) is 11.6. The lowest BCUT2D eigenvalue weighted by molar-refractivity contribution is 0.174. The third kappa shape index (κ3) is 2.51. The molecular formula is C16H16BrN3O4. The Morgan fingerprint density at radius 3 is 3.08 bits per heavy atom. The van der Waals surface area contributed by atoms with Crippen LogP contribution in [0.3, 0.4) is 0 Å². The van der Waals surface area contributed by atoms with Gasteiger partial charge in [0.15, 0.2) is 0 Å². The summed E-state index contributed by atoms with van der Waals surface area (Å²) in [5, 5.41) is 10.3. The van der Waals surface area contributed by atoms with Gasteiger partial charge < -0.3 is 19.2 Å². The number of halogens is 1. The fraction of sp³-hybridized carbons (Fsp3) is 0.375. The minimum atomic E-state index is -0.316. The quantitative estimate of drug-likeness (QED) is 0.706. The molecule has 4 rings (SSSR count). The maximum absolute atomic E-state index is 12.4. The van der Waals surface area contributed by atoms with Crippen molar-refractivity contribution in [1.82, 2.24) is 14.9 Å². The Bertz CT molecular complexity index is 981. The van der Waals surface area contributed by atoms with E-state index in [1.54, 1.807) is 13.2 Å². The molecule has 126 valence electrons. The molecule has 0 saturated carbocycles. The van der Waals surface area contributed by atoms with Gasteiger partial charge in [-0.15, -0.1) is 0 Å². The minimum absolute atomic E-state index is 0.187. The van der Waals surface area contributed by atoms with E-state index >= 15 is 0 Å². The van der Waals surface area contributed by atoms with Gasteiger partial charge in [0, 0.05) is 13.1 Å². The molecule has 24 heavy (non-hydrogen) atoms. The van der Waals surface area contributed by atoms with Gasteiger partial charge in [0.2, 0.25) is 5.58 Å². The largest absolute Gasteiger partial charge is 0.495 e. The number of aliphatic hydroxyl groups is 1. The van der Waals surface area contributed by atoms with Crippen LogP contribution in [-0.4, -0.2) is 46.3 Å². The van der Waals surface area contributed by atoms with E-state index < -0.39 is 0 Å². The molecule has 0 bridgehead atoms. The monoisotopic (exact) mass is 393 g/mol. The van der Waals surface area contributed by atoms with Crippen molar-refractivity contribution in [3.05, 3.63) is 32.8 Å². The lowest BCUT2D eigenvalue weighted by Crippen LogP contribution is -2.24. The fourth-order valence-corrected chi connectivity index (χ4v) is 3.67. The second kappa shape index (κ2) is 5.87. The van der Waals surface area contributed by atoms with Crippen molar-refractivity contribution >= 4 is 38.0 Å². The Labute approximate surface area is 145 Å². The molecule has 1 atom stereocenters. The molecule has 3 aromatic rings. The van der Waals surface area contributed by atoms with Crippen molar-refractivity contribution in [2.75, 3.05) is 20.2 Å². The summed E-state index contributed by atoms with van der Waals surface area (Å²) in [6, 6.07) is 3.59. The fourth-order valence-electron chi connectivity index (χ4n) is 3.17. The molecule has 1 unspecified atom stereocenters. The Kier molecular flexibility index (Phi) is 3.82. The number of fused-ring (bicyclic) bond motifs is 3. The average Bonchev–Trinajstić information content (AvgIpc) is 3.12. The minimum Gasteiger partial charge on any atom is -0.495 e. The highest BCUT2D eigenvalue weighted by molar-refractivity contribution is 9.10. The maximum atomic E-state index is 12.4. The third-order valence-corrected chi connectivity index (χ3v) is 4.90. The van der Waals surface area contributed by atoms with E-state index in [1.807, 2.05) is 6.07 Å². The standard InChI is InChI=1S/C16H16BrN3O4/c1-23-14-9(17)2-3-10-12(14)13-15(24-10)16(22)19-11(18-13)7-20-5-4-8(21)6-20/h2-3,8,21H,4-7H2,1H3,(H,18,19,22). The second-order valence-corrected chi connectivity index (χ2v) is 6.78. The highest BCUT2D eigenvalue weighted by atomic mass is 79.9. The van der Waals surface area contributed by atoms with Gasteiger partial charge in [-0.25, -0.2) is 4.98 Å². The summed E-state index contributed by atoms with van der Waals surface area (Å²) in [4.78, 5) is 21.8. The summed E-state index contributed by atoms with van der Waals surface area (Å²) in [5.74, 6) is 1.14. The van der Waals surface area contributed by atoms with Crippen molar-refractivity contribution < 1.29 is 14.3 Å². The van der Waals surface area contributed by atoms with Crippen molar-refractivity contribution in [2.45, 2.75) is 19.1 Å². The van der Waals surface area contributed by atoms with Gasteiger partial charge in [0.05, 0.1) is 29.6 Å². The van der Waals surface area contributed by atoms with Gasteiger partial charge in [-0.3, -0.25) is 9.69 Å². The molecule has 0 aliphatic carbocycles. The van der Waals surface area contributed by atoms with E-state index in [1.165, 1.54) is 0 Å². The molecule has 2 N–H and O–H groups in total. The third-order valence-electron chi connectivity index (χ3n) is 4.27. The lowest BCUT2D eigenvalue weighted by atomic mass is 10.2. The number of hydrogen-bond donors (Lipinski definition) is 2. The Balaban J connectivity index is 1.88. The number of aromatic amines is 1. The van der Waals surface area contributed by atoms with E-state index in [2.05, 4.69) is 30.8 Å². The number of aromatic nitrogens is 2. The van der Waals surface area contributed by atoms with Crippen LogP contribution in [0.5, 0.6) is 5.75 Å². The summed E-state index contributed by atoms with van der Waals surface area (Å²) in [6.07, 6.45) is 0.424. The van der Waals surface area contributed by atoms with Gasteiger partial charge in [0.25, 0.3) is 5.56 Å². The van der Waals surface area contributed by atoms with Crippen molar-refractivity contribution in [3.8, 4) is 5.75 Å². The summed E-state index contributed by atoms with van der Waals surface area (Å²) < 4.78 is 11.9. The number of methoxy groups -OCH3 is 1. The summed E-state index contributed by atoms with van der Waals surface area (Å²) in [5.41, 5.74) is 0.911. The van der Waals surface area contributed by atoms with E-state index in [0.29, 0.717) is 41.1 Å². The predicted molar refractivity (Wildman–Crippen MR) is 92.3 cm³/mol. The van der Waals surface area contributed by atoms with Crippen LogP contribution in [-0.2, 0) is 6.54 Å². The molecular weight excluding hydrogens is 378 g/mol. The molecule has 1 aliphatic rings. The molecule has 8 heteroatoms. The van der Waals surface area contributed by atoms with Crippen molar-refractivity contribution in [1.29, 1.82) is 0 Å². The molecule has 7 nitrogen and oxygen atoms in total. The first-order valence-electron chi connectivity index (χ1n) is 7.65. The van der Waals surface area contributed by atoms with Crippen LogP contribution in [0.15, 0.2) is 25.8 Å². The number of β-amino-alcohol motifs (C(OH)–C–C–N with tert-alkyl or cyclic N) is 1. The number of hydrogen-bond acceptors (Lipinski definition) is 6. The number of benzene rings is 1. The van der Waals surface area contributed by atoms with Gasteiger partial charge in [-0.1, -0.05) is 0 Å². The molecule has 3 heterocycles. The lowest BCUT2D eigenvalue weighted by Gasteiger charge is -2.13. The van der Waals surface area contributed by atoms with E-state index in [4.69, 9.17) is 9.15 Å². The maximum Gasteiger partial charge on any atom is 0.294 e. The predicted octanol–water partition coefficient (Wildman–Crippen LogP) is 2.01. The number of furan rings is 1. The number of nitrogens with zero attached hydrogens (tertiary/aromatic N) is 2. The van der Waals surface area contributed by atoms with Crippen LogP contribution >= 0.6 is 15.9 Å². The van der Waals surface area contributed by atoms with Crippen LogP contribution < -0.4 is 10.3 Å². The van der Waals surface area contributed by atoms with Gasteiger partial charge >= 0.3 is 0 Å². The second-order valence-electron chi connectivity index (χ2n) is 5.92. The number of nitrogens with one attached hydrogen (secondary N) is 1. The summed E-state index contributed by atoms with van der Waals surface area (Å²) in [7, 11) is 1.57. The molecule has 1 fully saturated rings. The normalized spacial score (nSPS) is 18.7. The number of rotatable bonds is 3. The zero-order valence-corrected chi connectivity index (χ0v) is 14.6. The van der Waals surface area contributed by atoms with Crippen LogP contribution in [0.1, 0.15) is 12.2 Å². The van der Waals surface area contributed by atoms with Gasteiger partial charge in [-0.2, -0.15) is 0 Å². The molecule has 1 aliphatic heterocycles. The topological polar surface area (TPSA) is 91.6 Å². The van der Waals surface area contributed by atoms with Crippen molar-refractivity contribution in [3.63, 3.8) is 0 Å². The molecule has 0 spiro atoms. The van der Waals surface area contributed by atoms with Gasteiger partial charge in [0.1, 0.15) is 22.7 Å². The van der Waals surface area contributed by atoms with E-state index in [-0.39, 0.29) is 17.2 Å². The smallest absolute Gasteiger partial charge is 0.294 e. The Hall–Kier alpha value is -1.90. The van der Waals surface area contributed by atoms with Crippen LogP contribution in [0.25, 0.3) is 22.1 Å². The highest BCUT2D eigenvalue weighted by Crippen LogP contribution is 2.38. The zero-order chi connectivity index (χ0) is 16.8. The molecule has 2 aromatic heterocycles. The van der Waals surface area contributed by atoms with E-state index in [9.17, 15) is 9.90 Å². The van der Waals surface area contributed by atoms with Crippen molar-refractivity contribution in [2.24, 2.45) is 0 Å². The zero-order valence-electron chi connectivity index (χ0n) is 13.0. The SMILES string of the molecule is COc1c(Br)ccc2oc3c(=O)[nH]c(CN4CCC(O)C4)nc3c12. The summed E-state index contributed by atoms with van der Waals surface area (Å²) in [6.45, 7) is 1.85. The molecule has 1 aromatic carbocycles. The highest BCUT2D eigenvalue weighted by Gasteiger charge is 2.23. The Morgan fingerprint density at radius 2 is 2.38 bits per heavy atom. The van der Waals surface area contributed by atoms with Crippen LogP contribution in [0.4, 0.5) is 0 Å².